The first-order valence-electron chi connectivity index (χ1n) is 10.8. The number of aromatic nitrogens is 2. The molecule has 0 aliphatic rings. The van der Waals surface area contributed by atoms with Gasteiger partial charge in [0.05, 0.1) is 11.4 Å². The Bertz CT molecular complexity index is 1280. The summed E-state index contributed by atoms with van der Waals surface area (Å²) in [5, 5.41) is 7.62. The first-order valence-corrected chi connectivity index (χ1v) is 10.8. The molecule has 0 spiro atoms. The van der Waals surface area contributed by atoms with Crippen LogP contribution in [0.25, 0.3) is 5.69 Å². The normalized spacial score (nSPS) is 10.8. The van der Waals surface area contributed by atoms with Crippen molar-refractivity contribution in [3.63, 3.8) is 0 Å². The van der Waals surface area contributed by atoms with Crippen LogP contribution in [-0.2, 0) is 11.2 Å². The number of benzene rings is 3. The summed E-state index contributed by atoms with van der Waals surface area (Å²) in [5.41, 5.74) is 5.34. The molecular weight excluding hydrogens is 417 g/mol. The van der Waals surface area contributed by atoms with Crippen LogP contribution < -0.4 is 10.1 Å². The molecule has 1 N–H and O–H groups in total. The van der Waals surface area contributed by atoms with E-state index < -0.39 is 0 Å². The Kier molecular flexibility index (Phi) is 6.54. The van der Waals surface area contributed by atoms with Crippen LogP contribution in [0.2, 0.25) is 0 Å². The van der Waals surface area contributed by atoms with Crippen molar-refractivity contribution in [3.05, 3.63) is 101 Å². The Morgan fingerprint density at radius 1 is 1.00 bits per heavy atom. The second-order valence-corrected chi connectivity index (χ2v) is 8.04. The second-order valence-electron chi connectivity index (χ2n) is 8.04. The van der Waals surface area contributed by atoms with E-state index in [9.17, 15) is 9.18 Å². The van der Waals surface area contributed by atoms with Crippen LogP contribution in [0.1, 0.15) is 28.8 Å². The van der Waals surface area contributed by atoms with Gasteiger partial charge in [-0.15, -0.1) is 0 Å². The van der Waals surface area contributed by atoms with Crippen LogP contribution in [0.4, 0.5) is 10.1 Å². The van der Waals surface area contributed by atoms with Crippen molar-refractivity contribution in [3.8, 4) is 17.3 Å². The average molecular weight is 444 g/mol. The van der Waals surface area contributed by atoms with Crippen LogP contribution in [0, 0.1) is 26.6 Å². The Labute approximate surface area is 192 Å². The zero-order valence-electron chi connectivity index (χ0n) is 18.9. The van der Waals surface area contributed by atoms with Crippen molar-refractivity contribution in [1.82, 2.24) is 9.78 Å². The predicted molar refractivity (Wildman–Crippen MR) is 128 cm³/mol. The number of ether oxygens (including phenoxy) is 1. The van der Waals surface area contributed by atoms with Crippen LogP contribution in [0.15, 0.2) is 72.8 Å². The molecule has 0 bridgehead atoms. The van der Waals surface area contributed by atoms with Crippen LogP contribution in [-0.4, -0.2) is 15.7 Å². The van der Waals surface area contributed by atoms with Crippen molar-refractivity contribution >= 4 is 11.6 Å². The van der Waals surface area contributed by atoms with Crippen LogP contribution in [0.5, 0.6) is 11.6 Å². The van der Waals surface area contributed by atoms with Crippen molar-refractivity contribution in [1.29, 1.82) is 0 Å². The van der Waals surface area contributed by atoms with E-state index >= 15 is 0 Å². The number of halogens is 1. The highest BCUT2D eigenvalue weighted by Gasteiger charge is 2.21. The Balaban J connectivity index is 1.63. The van der Waals surface area contributed by atoms with Crippen molar-refractivity contribution in [2.75, 3.05) is 5.32 Å². The maximum atomic E-state index is 13.8. The summed E-state index contributed by atoms with van der Waals surface area (Å²) in [5.74, 6) is 0.370. The Morgan fingerprint density at radius 2 is 1.76 bits per heavy atom. The third-order valence-corrected chi connectivity index (χ3v) is 5.43. The quantitative estimate of drug-likeness (QED) is 0.365. The number of anilines is 1. The van der Waals surface area contributed by atoms with E-state index in [1.165, 1.54) is 12.1 Å². The molecule has 0 fully saturated rings. The maximum absolute atomic E-state index is 13.8. The molecule has 0 atom stereocenters. The van der Waals surface area contributed by atoms with Gasteiger partial charge in [-0.1, -0.05) is 42.0 Å². The van der Waals surface area contributed by atoms with Gasteiger partial charge in [0.2, 0.25) is 11.8 Å². The van der Waals surface area contributed by atoms with Crippen LogP contribution in [0.3, 0.4) is 0 Å². The van der Waals surface area contributed by atoms with Crippen LogP contribution >= 0.6 is 0 Å². The SMILES string of the molecule is Cc1ccc(NC(=O)CCc2c(C)nn(-c3ccccc3C)c2Oc2cccc(F)c2)cc1. The molecule has 0 saturated heterocycles. The standard InChI is InChI=1S/C27H26FN3O2/c1-18-11-13-22(14-12-18)29-26(32)16-15-24-20(3)30-31(25-10-5-4-7-19(25)2)27(24)33-23-9-6-8-21(28)17-23/h4-14,17H,15-16H2,1-3H3,(H,29,32). The summed E-state index contributed by atoms with van der Waals surface area (Å²) >= 11 is 0. The first kappa shape index (κ1) is 22.3. The molecule has 0 aliphatic carbocycles. The van der Waals surface area contributed by atoms with Gasteiger partial charge in [-0.2, -0.15) is 9.78 Å². The fourth-order valence-corrected chi connectivity index (χ4v) is 3.64. The monoisotopic (exact) mass is 443 g/mol. The molecule has 0 radical (unpaired) electrons. The molecule has 1 aromatic heterocycles. The molecule has 6 heteroatoms. The number of rotatable bonds is 7. The number of carbonyl (C=O) groups excluding carboxylic acids is 1. The van der Waals surface area contributed by atoms with E-state index in [2.05, 4.69) is 5.32 Å². The lowest BCUT2D eigenvalue weighted by atomic mass is 10.1. The molecule has 5 nitrogen and oxygen atoms in total. The zero-order chi connectivity index (χ0) is 23.4. The fourth-order valence-electron chi connectivity index (χ4n) is 3.64. The number of nitrogens with zero attached hydrogens (tertiary/aromatic N) is 2. The van der Waals surface area contributed by atoms with E-state index in [1.54, 1.807) is 16.8 Å². The molecule has 1 heterocycles. The van der Waals surface area contributed by atoms with Crippen molar-refractivity contribution < 1.29 is 13.9 Å². The number of nitrogens with one attached hydrogen (secondary N) is 1. The first-order chi connectivity index (χ1) is 15.9. The summed E-state index contributed by atoms with van der Waals surface area (Å²) in [4.78, 5) is 12.6. The Morgan fingerprint density at radius 3 is 2.48 bits per heavy atom. The Hall–Kier alpha value is -3.93. The predicted octanol–water partition coefficient (Wildman–Crippen LogP) is 6.30. The highest BCUT2D eigenvalue weighted by atomic mass is 19.1. The van der Waals surface area contributed by atoms with Gasteiger partial charge in [-0.25, -0.2) is 4.39 Å². The number of carbonyl (C=O) groups is 1. The lowest BCUT2D eigenvalue weighted by Crippen LogP contribution is -2.12. The van der Waals surface area contributed by atoms with E-state index in [1.807, 2.05) is 69.3 Å². The van der Waals surface area contributed by atoms with Gasteiger partial charge < -0.3 is 10.1 Å². The number of para-hydroxylation sites is 1. The molecule has 168 valence electrons. The number of aryl methyl sites for hydroxylation is 3. The zero-order valence-corrected chi connectivity index (χ0v) is 18.9. The molecule has 33 heavy (non-hydrogen) atoms. The average Bonchev–Trinajstić information content (AvgIpc) is 3.09. The molecule has 0 unspecified atom stereocenters. The summed E-state index contributed by atoms with van der Waals surface area (Å²) < 4.78 is 21.7. The molecule has 0 saturated carbocycles. The molecule has 4 aromatic rings. The summed E-state index contributed by atoms with van der Waals surface area (Å²) in [7, 11) is 0. The summed E-state index contributed by atoms with van der Waals surface area (Å²) in [6.07, 6.45) is 0.688. The maximum Gasteiger partial charge on any atom is 0.226 e. The van der Waals surface area contributed by atoms with E-state index in [4.69, 9.17) is 9.84 Å². The van der Waals surface area contributed by atoms with Gasteiger partial charge in [0.15, 0.2) is 0 Å². The highest BCUT2D eigenvalue weighted by Crippen LogP contribution is 2.32. The fraction of sp³-hybridized carbons (Fsp3) is 0.185. The number of hydrogen-bond acceptors (Lipinski definition) is 3. The topological polar surface area (TPSA) is 56.2 Å². The van der Waals surface area contributed by atoms with Crippen molar-refractivity contribution in [2.24, 2.45) is 0 Å². The lowest BCUT2D eigenvalue weighted by Gasteiger charge is -2.13. The van der Waals surface area contributed by atoms with Gasteiger partial charge >= 0.3 is 0 Å². The third-order valence-electron chi connectivity index (χ3n) is 5.43. The molecule has 1 amide bonds. The van der Waals surface area contributed by atoms with E-state index in [-0.39, 0.29) is 18.1 Å². The van der Waals surface area contributed by atoms with Gasteiger partial charge in [-0.3, -0.25) is 4.79 Å². The van der Waals surface area contributed by atoms with Gasteiger partial charge in [0, 0.05) is 23.7 Å². The molecule has 4 rings (SSSR count). The minimum Gasteiger partial charge on any atom is -0.439 e. The van der Waals surface area contributed by atoms with Gasteiger partial charge in [-0.05, 0) is 63.1 Å². The van der Waals surface area contributed by atoms with Crippen molar-refractivity contribution in [2.45, 2.75) is 33.6 Å². The number of amides is 1. The smallest absolute Gasteiger partial charge is 0.226 e. The lowest BCUT2D eigenvalue weighted by molar-refractivity contribution is -0.116. The second kappa shape index (κ2) is 9.69. The van der Waals surface area contributed by atoms with Gasteiger partial charge in [0.1, 0.15) is 11.6 Å². The molecule has 0 aliphatic heterocycles. The minimum atomic E-state index is -0.384. The largest absolute Gasteiger partial charge is 0.439 e. The minimum absolute atomic E-state index is 0.0985. The molecular formula is C27H26FN3O2. The van der Waals surface area contributed by atoms with Gasteiger partial charge in [0.25, 0.3) is 0 Å². The number of hydrogen-bond donors (Lipinski definition) is 1. The molecule has 3 aromatic carbocycles. The summed E-state index contributed by atoms with van der Waals surface area (Å²) in [6, 6.07) is 21.5. The summed E-state index contributed by atoms with van der Waals surface area (Å²) in [6.45, 7) is 5.88. The highest BCUT2D eigenvalue weighted by molar-refractivity contribution is 5.90. The van der Waals surface area contributed by atoms with E-state index in [0.717, 1.165) is 33.8 Å². The third kappa shape index (κ3) is 5.29. The van der Waals surface area contributed by atoms with E-state index in [0.29, 0.717) is 18.1 Å².